The summed E-state index contributed by atoms with van der Waals surface area (Å²) in [5.74, 6) is 4.64. The van der Waals surface area contributed by atoms with Crippen LogP contribution in [0.5, 0.6) is 0 Å². The fourth-order valence-corrected chi connectivity index (χ4v) is 13.0. The number of hydrogen-bond donors (Lipinski definition) is 0. The largest absolute Gasteiger partial charge is 4.00 e. The second-order valence-corrected chi connectivity index (χ2v) is 14.7. The van der Waals surface area contributed by atoms with Crippen molar-refractivity contribution in [3.05, 3.63) is 29.7 Å². The van der Waals surface area contributed by atoms with Crippen molar-refractivity contribution in [3.63, 3.8) is 0 Å². The van der Waals surface area contributed by atoms with E-state index in [1.54, 1.807) is 77.0 Å². The summed E-state index contributed by atoms with van der Waals surface area (Å²) in [6.07, 6.45) is 19.0. The molecule has 0 radical (unpaired) electrons. The van der Waals surface area contributed by atoms with Gasteiger partial charge in [-0.05, 0) is 34.8 Å². The predicted octanol–water partition coefficient (Wildman–Crippen LogP) is 8.43. The molecule has 0 saturated heterocycles. The van der Waals surface area contributed by atoms with Crippen LogP contribution in [0.15, 0.2) is 0 Å². The topological polar surface area (TPSA) is 0 Å². The van der Waals surface area contributed by atoms with Crippen LogP contribution in [-0.4, -0.2) is 8.07 Å². The van der Waals surface area contributed by atoms with Gasteiger partial charge in [0.25, 0.3) is 0 Å². The van der Waals surface area contributed by atoms with Crippen molar-refractivity contribution in [1.82, 2.24) is 0 Å². The number of fused-ring (bicyclic) bond motifs is 2. The van der Waals surface area contributed by atoms with E-state index in [1.807, 2.05) is 0 Å². The van der Waals surface area contributed by atoms with Crippen molar-refractivity contribution in [2.24, 2.45) is 23.7 Å². The van der Waals surface area contributed by atoms with Gasteiger partial charge in [-0.15, -0.1) is 0 Å². The molecule has 4 aliphatic rings. The minimum Gasteiger partial charge on any atom is -0.358 e. The van der Waals surface area contributed by atoms with Crippen LogP contribution >= 0.6 is 0 Å². The average molecular weight is 543 g/mol. The van der Waals surface area contributed by atoms with Gasteiger partial charge in [0.1, 0.15) is 0 Å². The molecule has 0 heterocycles. The van der Waals surface area contributed by atoms with Gasteiger partial charge in [0, 0.05) is 0 Å². The van der Waals surface area contributed by atoms with Crippen molar-refractivity contribution in [3.8, 4) is 0 Å². The van der Waals surface area contributed by atoms with Gasteiger partial charge in [-0.3, -0.25) is 0 Å². The van der Waals surface area contributed by atoms with Crippen LogP contribution in [0.3, 0.4) is 0 Å². The van der Waals surface area contributed by atoms with Crippen molar-refractivity contribution >= 4 is 8.07 Å². The number of hydrogen-bond acceptors (Lipinski definition) is 0. The fraction of sp³-hybridized carbons (Fsp3) is 0.833. The molecule has 4 saturated carbocycles. The van der Waals surface area contributed by atoms with Crippen LogP contribution < -0.4 is 0 Å². The monoisotopic (exact) mass is 544 g/mol. The maximum Gasteiger partial charge on any atom is 4.00 e. The summed E-state index contributed by atoms with van der Waals surface area (Å²) in [7, 11) is -1.05. The normalized spacial score (nSPS) is 38.1. The van der Waals surface area contributed by atoms with Crippen LogP contribution in [0.1, 0.15) is 77.0 Å². The van der Waals surface area contributed by atoms with E-state index in [0.717, 1.165) is 11.8 Å². The summed E-state index contributed by atoms with van der Waals surface area (Å²) >= 11 is 0. The Kier molecular flexibility index (Phi) is 13.4. The Labute approximate surface area is 187 Å². The van der Waals surface area contributed by atoms with Gasteiger partial charge in [-0.1, -0.05) is 90.1 Å². The molecule has 4 aliphatic carbocycles. The molecule has 152 valence electrons. The molecular weight excluding hydrogens is 495 g/mol. The van der Waals surface area contributed by atoms with E-state index in [1.165, 1.54) is 22.9 Å². The van der Waals surface area contributed by atoms with Crippen LogP contribution in [0.4, 0.5) is 0 Å². The van der Waals surface area contributed by atoms with E-state index in [4.69, 9.17) is 0 Å². The van der Waals surface area contributed by atoms with E-state index in [9.17, 15) is 0 Å². The van der Waals surface area contributed by atoms with E-state index >= 15 is 0 Å². The molecule has 6 atom stereocenters. The molecule has 4 fully saturated rings. The van der Waals surface area contributed by atoms with Crippen LogP contribution in [0, 0.1) is 53.4 Å². The van der Waals surface area contributed by atoms with Gasteiger partial charge in [0.15, 0.2) is 0 Å². The zero-order valence-electron chi connectivity index (χ0n) is 18.9. The van der Waals surface area contributed by atoms with E-state index < -0.39 is 8.07 Å². The third-order valence-electron chi connectivity index (χ3n) is 8.58. The van der Waals surface area contributed by atoms with Crippen LogP contribution in [-0.2, 0) is 25.8 Å². The van der Waals surface area contributed by atoms with Gasteiger partial charge < -0.3 is 29.7 Å². The zero-order chi connectivity index (χ0) is 14.4. The molecule has 0 aromatic rings. The molecule has 0 aliphatic heterocycles. The molecule has 26 heavy (non-hydrogen) atoms. The molecule has 0 N–H and O–H groups in total. The smallest absolute Gasteiger partial charge is 0.358 e. The molecule has 0 aromatic heterocycles. The minimum atomic E-state index is -1.05. The predicted molar refractivity (Wildman–Crippen MR) is 120 cm³/mol. The summed E-state index contributed by atoms with van der Waals surface area (Å²) in [6, 6.07) is 0. The Morgan fingerprint density at radius 1 is 0.500 bits per heavy atom. The summed E-state index contributed by atoms with van der Waals surface area (Å²) in [6.45, 7) is 5.66. The molecule has 0 spiro atoms. The zero-order valence-corrected chi connectivity index (χ0v) is 23.5. The Morgan fingerprint density at radius 2 is 0.846 bits per heavy atom. The van der Waals surface area contributed by atoms with Crippen molar-refractivity contribution in [2.75, 3.05) is 0 Å². The minimum absolute atomic E-state index is 0. The van der Waals surface area contributed by atoms with Gasteiger partial charge in [0.05, 0.1) is 8.07 Å². The molecule has 4 rings (SSSR count). The van der Waals surface area contributed by atoms with Crippen molar-refractivity contribution in [1.29, 1.82) is 0 Å². The third kappa shape index (κ3) is 5.16. The standard InChI is InChI=1S/C20H36Si.4CH3.Hf/c1-21(2,19-13-11-15-7-3-5-9-17(15)19)20-14-12-16-8-4-6-10-18(16)20;;;;;/h15-20H,3-14H2,1-2H3;4*1H3;/q;4*-1;+4. The number of rotatable bonds is 2. The van der Waals surface area contributed by atoms with E-state index in [2.05, 4.69) is 13.1 Å². The summed E-state index contributed by atoms with van der Waals surface area (Å²) in [4.78, 5) is 0. The molecule has 0 nitrogen and oxygen atoms in total. The summed E-state index contributed by atoms with van der Waals surface area (Å²) in [5.41, 5.74) is 2.40. The van der Waals surface area contributed by atoms with E-state index in [-0.39, 0.29) is 55.5 Å². The van der Waals surface area contributed by atoms with Crippen LogP contribution in [0.25, 0.3) is 0 Å². The molecular formula is C24H48HfSi. The first kappa shape index (κ1) is 29.3. The molecule has 0 amide bonds. The second-order valence-electron chi connectivity index (χ2n) is 9.61. The summed E-state index contributed by atoms with van der Waals surface area (Å²) < 4.78 is 0. The van der Waals surface area contributed by atoms with E-state index in [0.29, 0.717) is 0 Å². The van der Waals surface area contributed by atoms with Crippen LogP contribution in [0.2, 0.25) is 24.2 Å². The first-order chi connectivity index (χ1) is 10.2. The Balaban J connectivity index is 0. The fourth-order valence-electron chi connectivity index (χ4n) is 7.59. The Morgan fingerprint density at radius 3 is 1.23 bits per heavy atom. The third-order valence-corrected chi connectivity index (χ3v) is 13.8. The first-order valence-corrected chi connectivity index (χ1v) is 13.3. The molecule has 6 unspecified atom stereocenters. The Hall–Kier alpha value is 1.09. The first-order valence-electron chi connectivity index (χ1n) is 10.2. The maximum atomic E-state index is 2.83. The Bertz CT molecular complexity index is 346. The van der Waals surface area contributed by atoms with Gasteiger partial charge in [-0.2, -0.15) is 0 Å². The SMILES string of the molecule is C[Si](C)(C1CCC2CCCCC21)C1CCC2CCCCC21.[CH3-].[CH3-].[CH3-].[CH3-].[Hf+4]. The van der Waals surface area contributed by atoms with Gasteiger partial charge in [0.2, 0.25) is 0 Å². The molecule has 2 heteroatoms. The average Bonchev–Trinajstić information content (AvgIpc) is 3.12. The molecule has 0 bridgehead atoms. The second kappa shape index (κ2) is 11.9. The van der Waals surface area contributed by atoms with Gasteiger partial charge in [-0.25, -0.2) is 0 Å². The molecule has 0 aromatic carbocycles. The maximum absolute atomic E-state index is 2.83. The quantitative estimate of drug-likeness (QED) is 0.242. The van der Waals surface area contributed by atoms with Gasteiger partial charge >= 0.3 is 25.8 Å². The van der Waals surface area contributed by atoms with Crippen molar-refractivity contribution < 1.29 is 25.8 Å². The van der Waals surface area contributed by atoms with Crippen molar-refractivity contribution in [2.45, 2.75) is 101 Å². The summed E-state index contributed by atoms with van der Waals surface area (Å²) in [5, 5.41) is 0.